The van der Waals surface area contributed by atoms with Crippen LogP contribution in [0.15, 0.2) is 30.3 Å². The van der Waals surface area contributed by atoms with Crippen molar-refractivity contribution in [3.05, 3.63) is 41.5 Å². The van der Waals surface area contributed by atoms with Crippen LogP contribution in [0.3, 0.4) is 0 Å². The van der Waals surface area contributed by atoms with Gasteiger partial charge in [-0.2, -0.15) is 0 Å². The molecule has 110 valence electrons. The lowest BCUT2D eigenvalue weighted by atomic mass is 10.0. The summed E-state index contributed by atoms with van der Waals surface area (Å²) in [6, 6.07) is 8.95. The average molecular weight is 294 g/mol. The molecule has 0 aliphatic carbocycles. The number of nitrogens with one attached hydrogen (secondary N) is 1. The van der Waals surface area contributed by atoms with Crippen LogP contribution in [0, 0.1) is 6.92 Å². The number of amides is 3. The predicted octanol–water partition coefficient (Wildman–Crippen LogP) is 1.91. The Kier molecular flexibility index (Phi) is 2.60. The normalized spacial score (nSPS) is 20.7. The smallest absolute Gasteiger partial charge is 0.259 e. The molecule has 2 aliphatic heterocycles. The molecule has 1 N–H and O–H groups in total. The minimum absolute atomic E-state index is 0.166. The molecule has 3 amide bonds. The van der Waals surface area contributed by atoms with Gasteiger partial charge in [0.25, 0.3) is 5.91 Å². The van der Waals surface area contributed by atoms with E-state index in [-0.39, 0.29) is 18.2 Å². The molecule has 0 radical (unpaired) electrons. The molecule has 2 aromatic carbocycles. The van der Waals surface area contributed by atoms with Gasteiger partial charge in [0.15, 0.2) is 0 Å². The maximum absolute atomic E-state index is 12.8. The Hall–Kier alpha value is -2.69. The molecular weight excluding hydrogens is 280 g/mol. The molecule has 5 nitrogen and oxygen atoms in total. The Morgan fingerprint density at radius 1 is 1.18 bits per heavy atom. The summed E-state index contributed by atoms with van der Waals surface area (Å²) < 4.78 is 0. The molecule has 22 heavy (non-hydrogen) atoms. The zero-order chi connectivity index (χ0) is 15.4. The highest BCUT2D eigenvalue weighted by atomic mass is 16.2. The van der Waals surface area contributed by atoms with Gasteiger partial charge < -0.3 is 0 Å². The Morgan fingerprint density at radius 2 is 2.00 bits per heavy atom. The van der Waals surface area contributed by atoms with Gasteiger partial charge in [0.2, 0.25) is 11.8 Å². The zero-order valence-corrected chi connectivity index (χ0v) is 12.1. The topological polar surface area (TPSA) is 66.5 Å². The molecule has 0 spiro atoms. The first kappa shape index (κ1) is 13.0. The Labute approximate surface area is 126 Å². The number of rotatable bonds is 1. The quantitative estimate of drug-likeness (QED) is 0.817. The number of anilines is 1. The van der Waals surface area contributed by atoms with Crippen molar-refractivity contribution in [1.29, 1.82) is 0 Å². The number of nitrogens with zero attached hydrogens (tertiary/aromatic N) is 1. The van der Waals surface area contributed by atoms with Gasteiger partial charge in [0.05, 0.1) is 5.69 Å². The van der Waals surface area contributed by atoms with Crippen LogP contribution in [0.2, 0.25) is 0 Å². The molecule has 0 bridgehead atoms. The largest absolute Gasteiger partial charge is 0.295 e. The van der Waals surface area contributed by atoms with E-state index in [2.05, 4.69) is 5.32 Å². The van der Waals surface area contributed by atoms with Crippen LogP contribution >= 0.6 is 0 Å². The second-order valence-electron chi connectivity index (χ2n) is 5.83. The molecule has 1 unspecified atom stereocenters. The maximum Gasteiger partial charge on any atom is 0.259 e. The fourth-order valence-corrected chi connectivity index (χ4v) is 3.40. The number of hydrogen-bond acceptors (Lipinski definition) is 3. The van der Waals surface area contributed by atoms with Crippen molar-refractivity contribution in [1.82, 2.24) is 5.32 Å². The van der Waals surface area contributed by atoms with Crippen LogP contribution in [0.25, 0.3) is 10.8 Å². The van der Waals surface area contributed by atoms with Gasteiger partial charge >= 0.3 is 0 Å². The summed E-state index contributed by atoms with van der Waals surface area (Å²) in [6.07, 6.45) is 0.616. The minimum atomic E-state index is -0.623. The average Bonchev–Trinajstić information content (AvgIpc) is 2.74. The van der Waals surface area contributed by atoms with Crippen LogP contribution in [0.5, 0.6) is 0 Å². The van der Waals surface area contributed by atoms with Crippen LogP contribution in [-0.2, 0) is 9.59 Å². The van der Waals surface area contributed by atoms with Gasteiger partial charge in [-0.05, 0) is 36.4 Å². The Balaban J connectivity index is 1.89. The van der Waals surface area contributed by atoms with Crippen LogP contribution < -0.4 is 10.2 Å². The van der Waals surface area contributed by atoms with E-state index in [4.69, 9.17) is 0 Å². The second kappa shape index (κ2) is 4.40. The van der Waals surface area contributed by atoms with Gasteiger partial charge in [-0.1, -0.05) is 18.2 Å². The lowest BCUT2D eigenvalue weighted by molar-refractivity contribution is -0.134. The highest BCUT2D eigenvalue weighted by molar-refractivity contribution is 6.27. The van der Waals surface area contributed by atoms with Gasteiger partial charge in [-0.3, -0.25) is 24.6 Å². The van der Waals surface area contributed by atoms with Crippen LogP contribution in [0.1, 0.15) is 28.8 Å². The monoisotopic (exact) mass is 294 g/mol. The molecule has 2 heterocycles. The number of aryl methyl sites for hydroxylation is 1. The third-order valence-corrected chi connectivity index (χ3v) is 4.33. The van der Waals surface area contributed by atoms with Gasteiger partial charge in [0.1, 0.15) is 6.04 Å². The number of benzene rings is 2. The molecule has 0 aromatic heterocycles. The first-order chi connectivity index (χ1) is 10.6. The first-order valence-electron chi connectivity index (χ1n) is 7.27. The van der Waals surface area contributed by atoms with E-state index < -0.39 is 11.9 Å². The lowest BCUT2D eigenvalue weighted by Crippen LogP contribution is -2.53. The number of imide groups is 1. The molecule has 0 saturated carbocycles. The van der Waals surface area contributed by atoms with E-state index in [9.17, 15) is 14.4 Å². The first-order valence-corrected chi connectivity index (χ1v) is 7.27. The number of carbonyl (C=O) groups is 3. The SMILES string of the molecule is Cc1cc2c3c(cccc3c1)C(=O)N2C1CCC(=O)NC1=O. The lowest BCUT2D eigenvalue weighted by Gasteiger charge is -2.30. The van der Waals surface area contributed by atoms with Crippen molar-refractivity contribution >= 4 is 34.2 Å². The summed E-state index contributed by atoms with van der Waals surface area (Å²) in [4.78, 5) is 37.8. The van der Waals surface area contributed by atoms with Gasteiger partial charge in [-0.25, -0.2) is 0 Å². The van der Waals surface area contributed by atoms with Crippen molar-refractivity contribution < 1.29 is 14.4 Å². The minimum Gasteiger partial charge on any atom is -0.295 e. The zero-order valence-electron chi connectivity index (χ0n) is 12.1. The maximum atomic E-state index is 12.8. The molecule has 5 heteroatoms. The molecule has 1 atom stereocenters. The second-order valence-corrected chi connectivity index (χ2v) is 5.83. The van der Waals surface area contributed by atoms with Gasteiger partial charge in [-0.15, -0.1) is 0 Å². The number of piperidine rings is 1. The fraction of sp³-hybridized carbons (Fsp3) is 0.235. The third kappa shape index (κ3) is 1.68. The van der Waals surface area contributed by atoms with E-state index in [1.165, 1.54) is 0 Å². The van der Waals surface area contributed by atoms with Crippen molar-refractivity contribution in [2.45, 2.75) is 25.8 Å². The van der Waals surface area contributed by atoms with E-state index in [0.29, 0.717) is 12.0 Å². The number of hydrogen-bond donors (Lipinski definition) is 1. The Morgan fingerprint density at radius 3 is 2.77 bits per heavy atom. The highest BCUT2D eigenvalue weighted by Gasteiger charge is 2.40. The highest BCUT2D eigenvalue weighted by Crippen LogP contribution is 2.40. The standard InChI is InChI=1S/C17H14N2O3/c1-9-7-10-3-2-4-11-15(10)13(8-9)19(17(11)22)12-5-6-14(20)18-16(12)21/h2-4,7-8,12H,5-6H2,1H3,(H,18,20,21). The molecule has 2 aromatic rings. The van der Waals surface area contributed by atoms with Crippen molar-refractivity contribution in [3.8, 4) is 0 Å². The van der Waals surface area contributed by atoms with E-state index in [1.54, 1.807) is 11.0 Å². The molecule has 1 fully saturated rings. The molecule has 4 rings (SSSR count). The summed E-state index contributed by atoms with van der Waals surface area (Å²) in [7, 11) is 0. The summed E-state index contributed by atoms with van der Waals surface area (Å²) in [5, 5.41) is 4.22. The summed E-state index contributed by atoms with van der Waals surface area (Å²) >= 11 is 0. The van der Waals surface area contributed by atoms with Crippen LogP contribution in [-0.4, -0.2) is 23.8 Å². The van der Waals surface area contributed by atoms with Crippen molar-refractivity contribution in [2.75, 3.05) is 4.90 Å². The van der Waals surface area contributed by atoms with Gasteiger partial charge in [0, 0.05) is 17.4 Å². The molecular formula is C17H14N2O3. The summed E-state index contributed by atoms with van der Waals surface area (Å²) in [5.41, 5.74) is 2.42. The summed E-state index contributed by atoms with van der Waals surface area (Å²) in [5.74, 6) is -0.840. The van der Waals surface area contributed by atoms with Crippen molar-refractivity contribution in [3.63, 3.8) is 0 Å². The van der Waals surface area contributed by atoms with Crippen molar-refractivity contribution in [2.24, 2.45) is 0 Å². The fourth-order valence-electron chi connectivity index (χ4n) is 3.40. The third-order valence-electron chi connectivity index (χ3n) is 4.33. The van der Waals surface area contributed by atoms with Crippen LogP contribution in [0.4, 0.5) is 5.69 Å². The van der Waals surface area contributed by atoms with E-state index in [1.807, 2.05) is 31.2 Å². The Bertz CT molecular complexity index is 856. The van der Waals surface area contributed by atoms with E-state index >= 15 is 0 Å². The molecule has 2 aliphatic rings. The van der Waals surface area contributed by atoms with E-state index in [0.717, 1.165) is 22.0 Å². The number of carbonyl (C=O) groups excluding carboxylic acids is 3. The summed E-state index contributed by atoms with van der Waals surface area (Å²) in [6.45, 7) is 1.97. The molecule has 1 saturated heterocycles. The predicted molar refractivity (Wildman–Crippen MR) is 81.7 cm³/mol.